The molecule has 2 aromatic rings. The zero-order chi connectivity index (χ0) is 11.1. The Bertz CT molecular complexity index is 520. The van der Waals surface area contributed by atoms with Gasteiger partial charge in [-0.2, -0.15) is 0 Å². The first-order valence-corrected chi connectivity index (χ1v) is 6.45. The molecular weight excluding hydrogens is 218 g/mol. The van der Waals surface area contributed by atoms with E-state index in [9.17, 15) is 0 Å². The van der Waals surface area contributed by atoms with E-state index in [0.29, 0.717) is 0 Å². The Morgan fingerprint density at radius 2 is 2.38 bits per heavy atom. The van der Waals surface area contributed by atoms with Crippen molar-refractivity contribution in [1.29, 1.82) is 0 Å². The maximum atomic E-state index is 5.77. The zero-order valence-electron chi connectivity index (χ0n) is 9.31. The summed E-state index contributed by atoms with van der Waals surface area (Å²) in [7, 11) is 0. The van der Waals surface area contributed by atoms with Crippen LogP contribution in [0.1, 0.15) is 13.3 Å². The first-order valence-electron chi connectivity index (χ1n) is 5.63. The molecule has 4 heteroatoms. The smallest absolute Gasteiger partial charge is 0.186 e. The van der Waals surface area contributed by atoms with Crippen LogP contribution in [0.15, 0.2) is 18.2 Å². The van der Waals surface area contributed by atoms with E-state index in [2.05, 4.69) is 16.8 Å². The lowest BCUT2D eigenvalue weighted by Crippen LogP contribution is -2.18. The van der Waals surface area contributed by atoms with Crippen molar-refractivity contribution in [3.63, 3.8) is 0 Å². The third-order valence-corrected chi connectivity index (χ3v) is 4.17. The molecule has 1 saturated heterocycles. The fourth-order valence-electron chi connectivity index (χ4n) is 2.17. The minimum Gasteiger partial charge on any atom is -0.399 e. The molecule has 3 nitrogen and oxygen atoms in total. The van der Waals surface area contributed by atoms with Gasteiger partial charge in [0.1, 0.15) is 0 Å². The van der Waals surface area contributed by atoms with Gasteiger partial charge in [0.25, 0.3) is 0 Å². The van der Waals surface area contributed by atoms with Crippen molar-refractivity contribution in [2.45, 2.75) is 13.3 Å². The largest absolute Gasteiger partial charge is 0.399 e. The molecule has 16 heavy (non-hydrogen) atoms. The highest BCUT2D eigenvalue weighted by Crippen LogP contribution is 2.32. The molecule has 1 aromatic heterocycles. The standard InChI is InChI=1S/C12H15N3S/c1-8-4-5-15(7-8)12-14-10-3-2-9(13)6-11(10)16-12/h2-3,6,8H,4-5,7,13H2,1H3. The molecule has 1 fully saturated rings. The van der Waals surface area contributed by atoms with Crippen molar-refractivity contribution in [2.75, 3.05) is 23.7 Å². The molecule has 0 saturated carbocycles. The number of thiazole rings is 1. The maximum Gasteiger partial charge on any atom is 0.186 e. The molecule has 0 aliphatic carbocycles. The predicted molar refractivity (Wildman–Crippen MR) is 70.0 cm³/mol. The van der Waals surface area contributed by atoms with Crippen molar-refractivity contribution in [2.24, 2.45) is 5.92 Å². The lowest BCUT2D eigenvalue weighted by molar-refractivity contribution is 0.659. The Morgan fingerprint density at radius 3 is 3.12 bits per heavy atom. The summed E-state index contributed by atoms with van der Waals surface area (Å²) in [4.78, 5) is 7.04. The normalized spacial score (nSPS) is 20.8. The Balaban J connectivity index is 1.99. The summed E-state index contributed by atoms with van der Waals surface area (Å²) in [5.74, 6) is 0.789. The van der Waals surface area contributed by atoms with Gasteiger partial charge in [0.2, 0.25) is 0 Å². The minimum absolute atomic E-state index is 0.789. The summed E-state index contributed by atoms with van der Waals surface area (Å²) in [5, 5.41) is 1.14. The summed E-state index contributed by atoms with van der Waals surface area (Å²) in [6.45, 7) is 4.57. The average Bonchev–Trinajstić information content (AvgIpc) is 2.83. The van der Waals surface area contributed by atoms with Crippen LogP contribution in [-0.2, 0) is 0 Å². The second-order valence-corrected chi connectivity index (χ2v) is 5.57. The van der Waals surface area contributed by atoms with Gasteiger partial charge in [-0.3, -0.25) is 0 Å². The summed E-state index contributed by atoms with van der Waals surface area (Å²) < 4.78 is 1.19. The molecule has 2 N–H and O–H groups in total. The van der Waals surface area contributed by atoms with Crippen molar-refractivity contribution >= 4 is 32.4 Å². The molecule has 1 unspecified atom stereocenters. The van der Waals surface area contributed by atoms with Crippen molar-refractivity contribution in [1.82, 2.24) is 4.98 Å². The molecule has 1 atom stereocenters. The first kappa shape index (κ1) is 9.90. The molecule has 0 amide bonds. The number of aromatic nitrogens is 1. The minimum atomic E-state index is 0.789. The SMILES string of the molecule is CC1CCN(c2nc3ccc(N)cc3s2)C1. The fraction of sp³-hybridized carbons (Fsp3) is 0.417. The molecule has 1 aliphatic heterocycles. The number of hydrogen-bond acceptors (Lipinski definition) is 4. The highest BCUT2D eigenvalue weighted by atomic mass is 32.1. The van der Waals surface area contributed by atoms with Gasteiger partial charge in [0.05, 0.1) is 10.2 Å². The lowest BCUT2D eigenvalue weighted by Gasteiger charge is -2.12. The maximum absolute atomic E-state index is 5.77. The van der Waals surface area contributed by atoms with Crippen LogP contribution in [0.2, 0.25) is 0 Å². The number of fused-ring (bicyclic) bond motifs is 1. The molecule has 2 heterocycles. The number of nitrogens with two attached hydrogens (primary N) is 1. The Labute approximate surface area is 98.9 Å². The van der Waals surface area contributed by atoms with Crippen molar-refractivity contribution in [3.8, 4) is 0 Å². The summed E-state index contributed by atoms with van der Waals surface area (Å²) in [6.07, 6.45) is 1.28. The van der Waals surface area contributed by atoms with E-state index in [1.807, 2.05) is 18.2 Å². The summed E-state index contributed by atoms with van der Waals surface area (Å²) in [5.41, 5.74) is 7.65. The Hall–Kier alpha value is -1.29. The van der Waals surface area contributed by atoms with Gasteiger partial charge in [0, 0.05) is 18.8 Å². The van der Waals surface area contributed by atoms with Crippen LogP contribution >= 0.6 is 11.3 Å². The van der Waals surface area contributed by atoms with Crippen LogP contribution in [-0.4, -0.2) is 18.1 Å². The van der Waals surface area contributed by atoms with Gasteiger partial charge in [-0.05, 0) is 30.5 Å². The molecule has 0 radical (unpaired) electrons. The van der Waals surface area contributed by atoms with Gasteiger partial charge >= 0.3 is 0 Å². The molecule has 1 aliphatic rings. The molecule has 3 rings (SSSR count). The van der Waals surface area contributed by atoms with Crippen LogP contribution in [0.3, 0.4) is 0 Å². The highest BCUT2D eigenvalue weighted by molar-refractivity contribution is 7.22. The van der Waals surface area contributed by atoms with Gasteiger partial charge in [-0.1, -0.05) is 18.3 Å². The summed E-state index contributed by atoms with van der Waals surface area (Å²) in [6, 6.07) is 5.93. The predicted octanol–water partition coefficient (Wildman–Crippen LogP) is 2.72. The van der Waals surface area contributed by atoms with Crippen molar-refractivity contribution in [3.05, 3.63) is 18.2 Å². The van der Waals surface area contributed by atoms with Crippen LogP contribution in [0.5, 0.6) is 0 Å². The van der Waals surface area contributed by atoms with Gasteiger partial charge in [0.15, 0.2) is 5.13 Å². The monoisotopic (exact) mass is 233 g/mol. The van der Waals surface area contributed by atoms with Crippen LogP contribution in [0.4, 0.5) is 10.8 Å². The first-order chi connectivity index (χ1) is 7.72. The van der Waals surface area contributed by atoms with Gasteiger partial charge < -0.3 is 10.6 Å². The number of benzene rings is 1. The number of anilines is 2. The van der Waals surface area contributed by atoms with Gasteiger partial charge in [-0.25, -0.2) is 4.98 Å². The quantitative estimate of drug-likeness (QED) is 0.770. The Morgan fingerprint density at radius 1 is 1.50 bits per heavy atom. The Kier molecular flexibility index (Phi) is 2.24. The third-order valence-electron chi connectivity index (χ3n) is 3.10. The van der Waals surface area contributed by atoms with E-state index in [1.54, 1.807) is 11.3 Å². The highest BCUT2D eigenvalue weighted by Gasteiger charge is 2.21. The van der Waals surface area contributed by atoms with E-state index in [0.717, 1.165) is 35.3 Å². The molecule has 0 bridgehead atoms. The molecule has 84 valence electrons. The average molecular weight is 233 g/mol. The number of nitrogens with zero attached hydrogens (tertiary/aromatic N) is 2. The topological polar surface area (TPSA) is 42.2 Å². The molecule has 1 aromatic carbocycles. The van der Waals surface area contributed by atoms with E-state index >= 15 is 0 Å². The van der Waals surface area contributed by atoms with E-state index in [1.165, 1.54) is 11.1 Å². The third kappa shape index (κ3) is 1.63. The molecule has 0 spiro atoms. The van der Waals surface area contributed by atoms with Crippen LogP contribution in [0.25, 0.3) is 10.2 Å². The number of nitrogen functional groups attached to an aromatic ring is 1. The lowest BCUT2D eigenvalue weighted by atomic mass is 10.2. The second kappa shape index (κ2) is 3.63. The number of rotatable bonds is 1. The van der Waals surface area contributed by atoms with E-state index in [4.69, 9.17) is 5.73 Å². The van der Waals surface area contributed by atoms with Crippen LogP contribution < -0.4 is 10.6 Å². The zero-order valence-corrected chi connectivity index (χ0v) is 10.1. The number of hydrogen-bond donors (Lipinski definition) is 1. The van der Waals surface area contributed by atoms with Crippen LogP contribution in [0, 0.1) is 5.92 Å². The van der Waals surface area contributed by atoms with Crippen molar-refractivity contribution < 1.29 is 0 Å². The van der Waals surface area contributed by atoms with Gasteiger partial charge in [-0.15, -0.1) is 0 Å². The summed E-state index contributed by atoms with van der Waals surface area (Å²) >= 11 is 1.75. The molecular formula is C12H15N3S. The van der Waals surface area contributed by atoms with E-state index < -0.39 is 0 Å². The fourth-order valence-corrected chi connectivity index (χ4v) is 3.22. The second-order valence-electron chi connectivity index (χ2n) is 4.56. The van der Waals surface area contributed by atoms with E-state index in [-0.39, 0.29) is 0 Å².